The number of aryl methyl sites for hydroxylation is 1. The Balaban J connectivity index is 1.98. The van der Waals surface area contributed by atoms with Crippen molar-refractivity contribution in [2.75, 3.05) is 33.5 Å². The van der Waals surface area contributed by atoms with E-state index in [2.05, 4.69) is 10.1 Å². The number of alkyl halides is 3. The summed E-state index contributed by atoms with van der Waals surface area (Å²) in [7, 11) is -2.35. The van der Waals surface area contributed by atoms with Crippen LogP contribution in [-0.4, -0.2) is 52.9 Å². The Morgan fingerprint density at radius 1 is 1.31 bits per heavy atom. The standard InChI is InChI=1S/C15H21Cl3N3O7P/c1-10-7-21(14(23)20-13(10)22)12-4-3-11(28-12)8-26-29(24,19-5-6-25-2)27-9-15(16,17)18/h3-4,7,11-12H,5-6,8-9H2,1-2H3,(H,19,24)(H,20,22,23)/t11-,12+,29?/m0/s1. The fourth-order valence-corrected chi connectivity index (χ4v) is 3.98. The van der Waals surface area contributed by atoms with Crippen LogP contribution in [-0.2, 0) is 23.1 Å². The van der Waals surface area contributed by atoms with Gasteiger partial charge in [0, 0.05) is 25.4 Å². The Kier molecular flexibility index (Phi) is 8.96. The summed E-state index contributed by atoms with van der Waals surface area (Å²) in [6.07, 6.45) is 3.24. The number of aromatic amines is 1. The maximum absolute atomic E-state index is 12.8. The molecule has 14 heteroatoms. The van der Waals surface area contributed by atoms with Gasteiger partial charge in [0.15, 0.2) is 6.23 Å². The number of methoxy groups -OCH3 is 1. The molecule has 0 fully saturated rings. The highest BCUT2D eigenvalue weighted by atomic mass is 35.6. The van der Waals surface area contributed by atoms with E-state index in [1.165, 1.54) is 17.9 Å². The molecule has 2 heterocycles. The molecule has 0 bridgehead atoms. The fraction of sp³-hybridized carbons (Fsp3) is 0.600. The number of rotatable bonds is 10. The molecule has 1 aliphatic heterocycles. The number of ether oxygens (including phenoxy) is 2. The summed E-state index contributed by atoms with van der Waals surface area (Å²) in [4.78, 5) is 25.7. The second kappa shape index (κ2) is 10.6. The van der Waals surface area contributed by atoms with Gasteiger partial charge in [-0.3, -0.25) is 23.4 Å². The van der Waals surface area contributed by atoms with Crippen LogP contribution in [0, 0.1) is 6.92 Å². The first kappa shape index (κ1) is 24.6. The van der Waals surface area contributed by atoms with Crippen molar-refractivity contribution in [1.82, 2.24) is 14.6 Å². The third-order valence-electron chi connectivity index (χ3n) is 3.64. The van der Waals surface area contributed by atoms with Crippen LogP contribution in [0.25, 0.3) is 0 Å². The molecule has 2 rings (SSSR count). The molecule has 0 radical (unpaired) electrons. The summed E-state index contributed by atoms with van der Waals surface area (Å²) in [5, 5.41) is 2.59. The van der Waals surface area contributed by atoms with E-state index in [4.69, 9.17) is 53.3 Å². The molecule has 1 aromatic rings. The molecule has 0 aliphatic carbocycles. The van der Waals surface area contributed by atoms with Gasteiger partial charge in [0.05, 0.1) is 13.2 Å². The van der Waals surface area contributed by atoms with Crippen molar-refractivity contribution in [2.45, 2.75) is 23.0 Å². The lowest BCUT2D eigenvalue weighted by Gasteiger charge is -2.23. The van der Waals surface area contributed by atoms with Crippen LogP contribution in [0.3, 0.4) is 0 Å². The van der Waals surface area contributed by atoms with Gasteiger partial charge < -0.3 is 9.47 Å². The third kappa shape index (κ3) is 7.82. The summed E-state index contributed by atoms with van der Waals surface area (Å²) in [6, 6.07) is 0. The average Bonchev–Trinajstić information content (AvgIpc) is 3.10. The van der Waals surface area contributed by atoms with Crippen LogP contribution in [0.5, 0.6) is 0 Å². The van der Waals surface area contributed by atoms with E-state index in [0.29, 0.717) is 5.56 Å². The molecule has 10 nitrogen and oxygen atoms in total. The summed E-state index contributed by atoms with van der Waals surface area (Å²) in [5.74, 6) is 0. The zero-order chi connectivity index (χ0) is 21.7. The SMILES string of the molecule is COCCNP(=O)(OC[C@@H]1C=C[C@H](n2cc(C)c(=O)[nH]c2=O)O1)OCC(Cl)(Cl)Cl. The molecule has 1 aliphatic rings. The Morgan fingerprint density at radius 2 is 2.03 bits per heavy atom. The fourth-order valence-electron chi connectivity index (χ4n) is 2.26. The number of halogens is 3. The van der Waals surface area contributed by atoms with E-state index in [1.54, 1.807) is 19.1 Å². The zero-order valence-electron chi connectivity index (χ0n) is 15.6. The summed E-state index contributed by atoms with van der Waals surface area (Å²) >= 11 is 16.9. The lowest BCUT2D eigenvalue weighted by Crippen LogP contribution is -2.33. The van der Waals surface area contributed by atoms with E-state index in [1.807, 2.05) is 0 Å². The molecule has 29 heavy (non-hydrogen) atoms. The molecule has 1 aromatic heterocycles. The lowest BCUT2D eigenvalue weighted by molar-refractivity contribution is -0.00895. The third-order valence-corrected chi connectivity index (χ3v) is 5.54. The largest absolute Gasteiger partial charge is 0.405 e. The van der Waals surface area contributed by atoms with Gasteiger partial charge in [-0.15, -0.1) is 0 Å². The highest BCUT2D eigenvalue weighted by Gasteiger charge is 2.32. The molecular weight excluding hydrogens is 472 g/mol. The van der Waals surface area contributed by atoms with Crippen molar-refractivity contribution in [3.8, 4) is 0 Å². The Bertz CT molecular complexity index is 883. The predicted octanol–water partition coefficient (Wildman–Crippen LogP) is 2.05. The smallest absolute Gasteiger partial charge is 0.383 e. The molecule has 0 saturated carbocycles. The van der Waals surface area contributed by atoms with E-state index in [-0.39, 0.29) is 19.8 Å². The van der Waals surface area contributed by atoms with Crippen molar-refractivity contribution in [1.29, 1.82) is 0 Å². The number of H-pyrrole nitrogens is 1. The molecule has 0 amide bonds. The van der Waals surface area contributed by atoms with Crippen LogP contribution in [0.15, 0.2) is 27.9 Å². The lowest BCUT2D eigenvalue weighted by atomic mass is 10.3. The zero-order valence-corrected chi connectivity index (χ0v) is 18.8. The van der Waals surface area contributed by atoms with E-state index < -0.39 is 41.7 Å². The first-order valence-electron chi connectivity index (χ1n) is 8.39. The normalized spacial score (nSPS) is 21.4. The van der Waals surface area contributed by atoms with Gasteiger partial charge in [-0.1, -0.05) is 40.9 Å². The van der Waals surface area contributed by atoms with Gasteiger partial charge in [-0.25, -0.2) is 14.4 Å². The van der Waals surface area contributed by atoms with Crippen molar-refractivity contribution in [3.05, 3.63) is 44.8 Å². The molecule has 1 unspecified atom stereocenters. The minimum absolute atomic E-state index is 0.165. The quantitative estimate of drug-likeness (QED) is 0.220. The molecule has 0 saturated heterocycles. The monoisotopic (exact) mass is 491 g/mol. The maximum atomic E-state index is 12.8. The second-order valence-electron chi connectivity index (χ2n) is 6.01. The molecule has 164 valence electrons. The first-order chi connectivity index (χ1) is 13.5. The van der Waals surface area contributed by atoms with Crippen molar-refractivity contribution < 1.29 is 23.1 Å². The van der Waals surface area contributed by atoms with E-state index in [9.17, 15) is 14.2 Å². The number of aromatic nitrogens is 2. The topological polar surface area (TPSA) is 121 Å². The van der Waals surface area contributed by atoms with Gasteiger partial charge in [0.2, 0.25) is 3.79 Å². The van der Waals surface area contributed by atoms with Crippen molar-refractivity contribution >= 4 is 42.5 Å². The number of hydrogen-bond acceptors (Lipinski definition) is 7. The van der Waals surface area contributed by atoms with Crippen molar-refractivity contribution in [3.63, 3.8) is 0 Å². The van der Waals surface area contributed by atoms with Gasteiger partial charge >= 0.3 is 13.4 Å². The van der Waals surface area contributed by atoms with E-state index >= 15 is 0 Å². The number of nitrogens with one attached hydrogen (secondary N) is 2. The maximum Gasteiger partial charge on any atom is 0.405 e. The number of hydrogen-bond donors (Lipinski definition) is 2. The Morgan fingerprint density at radius 3 is 2.69 bits per heavy atom. The molecule has 0 aromatic carbocycles. The molecule has 0 spiro atoms. The van der Waals surface area contributed by atoms with Crippen LogP contribution >= 0.6 is 42.5 Å². The van der Waals surface area contributed by atoms with Gasteiger partial charge in [0.25, 0.3) is 5.56 Å². The highest BCUT2D eigenvalue weighted by Crippen LogP contribution is 2.46. The van der Waals surface area contributed by atoms with Gasteiger partial charge in [-0.05, 0) is 13.0 Å². The average molecular weight is 493 g/mol. The van der Waals surface area contributed by atoms with Crippen LogP contribution in [0.1, 0.15) is 11.8 Å². The Labute approximate surface area is 181 Å². The van der Waals surface area contributed by atoms with Gasteiger partial charge in [0.1, 0.15) is 12.7 Å². The highest BCUT2D eigenvalue weighted by molar-refractivity contribution is 7.51. The summed E-state index contributed by atoms with van der Waals surface area (Å²) in [6.45, 7) is 1.36. The Hall–Kier alpha value is -0.680. The van der Waals surface area contributed by atoms with Gasteiger partial charge in [-0.2, -0.15) is 0 Å². The first-order valence-corrected chi connectivity index (χ1v) is 11.1. The van der Waals surface area contributed by atoms with Crippen LogP contribution in [0.2, 0.25) is 0 Å². The summed E-state index contributed by atoms with van der Waals surface area (Å²) < 4.78 is 33.4. The minimum atomic E-state index is -3.83. The van der Waals surface area contributed by atoms with Crippen LogP contribution in [0.4, 0.5) is 0 Å². The second-order valence-corrected chi connectivity index (χ2v) is 10.4. The minimum Gasteiger partial charge on any atom is -0.383 e. The summed E-state index contributed by atoms with van der Waals surface area (Å²) in [5.41, 5.74) is -0.731. The predicted molar refractivity (Wildman–Crippen MR) is 109 cm³/mol. The van der Waals surface area contributed by atoms with Crippen molar-refractivity contribution in [2.24, 2.45) is 0 Å². The molecule has 3 atom stereocenters. The molecular formula is C15H21Cl3N3O7P. The molecule has 2 N–H and O–H groups in total. The van der Waals surface area contributed by atoms with Crippen LogP contribution < -0.4 is 16.3 Å². The number of nitrogens with zero attached hydrogens (tertiary/aromatic N) is 1. The van der Waals surface area contributed by atoms with E-state index in [0.717, 1.165) is 0 Å².